The van der Waals surface area contributed by atoms with Crippen molar-refractivity contribution in [2.45, 2.75) is 6.18 Å². The second kappa shape index (κ2) is 3.04. The zero-order valence-corrected chi connectivity index (χ0v) is 6.26. The lowest BCUT2D eigenvalue weighted by molar-refractivity contribution is -0.137. The molecule has 0 heterocycles. The molecule has 1 aromatic carbocycles. The molecule has 0 saturated carbocycles. The van der Waals surface area contributed by atoms with Crippen LogP contribution in [0.2, 0.25) is 0 Å². The predicted octanol–water partition coefficient (Wildman–Crippen LogP) is 3.07. The maximum atomic E-state index is 12.1. The minimum absolute atomic E-state index is 0.394. The number of rotatable bonds is 1. The molecule has 0 aliphatic carbocycles. The molecule has 0 fully saturated rings. The zero-order valence-electron chi connectivity index (χ0n) is 6.26. The molecule has 3 nitrogen and oxygen atoms in total. The third kappa shape index (κ3) is 1.95. The van der Waals surface area contributed by atoms with Gasteiger partial charge in [0.2, 0.25) is 0 Å². The number of halogens is 3. The molecule has 0 aliphatic heterocycles. The highest BCUT2D eigenvalue weighted by atomic mass is 19.4. The number of benzene rings is 1. The van der Waals surface area contributed by atoms with Gasteiger partial charge in [-0.2, -0.15) is 18.3 Å². The molecule has 0 unspecified atom stereocenters. The van der Waals surface area contributed by atoms with E-state index in [0.717, 1.165) is 12.1 Å². The van der Waals surface area contributed by atoms with Crippen LogP contribution in [-0.2, 0) is 6.18 Å². The van der Waals surface area contributed by atoms with Gasteiger partial charge in [0.05, 0.1) is 5.56 Å². The largest absolute Gasteiger partial charge is 0.506 e. The van der Waals surface area contributed by atoms with E-state index in [1.807, 2.05) is 0 Å². The molecule has 0 aliphatic rings. The number of nitrogens with one attached hydrogen (secondary N) is 1. The minimum Gasteiger partial charge on any atom is -0.506 e. The van der Waals surface area contributed by atoms with E-state index in [9.17, 15) is 13.2 Å². The fourth-order valence-corrected chi connectivity index (χ4v) is 0.789. The van der Waals surface area contributed by atoms with Crippen molar-refractivity contribution in [1.29, 1.82) is 5.53 Å². The Bertz CT molecular complexity index is 335. The smallest absolute Gasteiger partial charge is 0.416 e. The van der Waals surface area contributed by atoms with Crippen LogP contribution in [0.1, 0.15) is 5.56 Å². The second-order valence-corrected chi connectivity index (χ2v) is 2.31. The highest BCUT2D eigenvalue weighted by molar-refractivity contribution is 5.52. The van der Waals surface area contributed by atoms with E-state index in [1.54, 1.807) is 0 Å². The van der Waals surface area contributed by atoms with E-state index in [4.69, 9.17) is 10.6 Å². The van der Waals surface area contributed by atoms with E-state index >= 15 is 0 Å². The highest BCUT2D eigenvalue weighted by Crippen LogP contribution is 2.35. The Morgan fingerprint density at radius 1 is 1.31 bits per heavy atom. The standard InChI is InChI=1S/C7H5F3N2O/c8-7(9,10)4-1-2-6(13)5(3-4)12-11/h1-3,11,13H. The number of hydrogen-bond donors (Lipinski definition) is 2. The maximum absolute atomic E-state index is 12.1. The van der Waals surface area contributed by atoms with Crippen molar-refractivity contribution >= 4 is 5.69 Å². The van der Waals surface area contributed by atoms with E-state index < -0.39 is 23.2 Å². The lowest BCUT2D eigenvalue weighted by atomic mass is 10.2. The number of hydrogen-bond acceptors (Lipinski definition) is 3. The summed E-state index contributed by atoms with van der Waals surface area (Å²) in [6, 6.07) is 2.20. The van der Waals surface area contributed by atoms with Crippen LogP contribution in [0.25, 0.3) is 0 Å². The van der Waals surface area contributed by atoms with Gasteiger partial charge in [-0.15, -0.1) is 0 Å². The molecular weight excluding hydrogens is 185 g/mol. The average molecular weight is 190 g/mol. The Hall–Kier alpha value is -1.59. The van der Waals surface area contributed by atoms with Crippen LogP contribution in [0.5, 0.6) is 5.75 Å². The molecule has 0 aromatic heterocycles. The van der Waals surface area contributed by atoms with Gasteiger partial charge in [-0.3, -0.25) is 0 Å². The Morgan fingerprint density at radius 2 is 1.92 bits per heavy atom. The van der Waals surface area contributed by atoms with Gasteiger partial charge >= 0.3 is 6.18 Å². The van der Waals surface area contributed by atoms with Crippen LogP contribution in [0.3, 0.4) is 0 Å². The van der Waals surface area contributed by atoms with E-state index in [0.29, 0.717) is 6.07 Å². The average Bonchev–Trinajstić information content (AvgIpc) is 2.03. The summed E-state index contributed by atoms with van der Waals surface area (Å²) in [6.07, 6.45) is -4.48. The highest BCUT2D eigenvalue weighted by Gasteiger charge is 2.31. The molecule has 70 valence electrons. The summed E-state index contributed by atoms with van der Waals surface area (Å²) >= 11 is 0. The number of alkyl halides is 3. The lowest BCUT2D eigenvalue weighted by Gasteiger charge is -2.06. The topological polar surface area (TPSA) is 56.4 Å². The van der Waals surface area contributed by atoms with Crippen molar-refractivity contribution in [3.05, 3.63) is 23.8 Å². The summed E-state index contributed by atoms with van der Waals surface area (Å²) in [5.74, 6) is -0.442. The first-order valence-electron chi connectivity index (χ1n) is 3.23. The third-order valence-electron chi connectivity index (χ3n) is 1.42. The van der Waals surface area contributed by atoms with Gasteiger partial charge in [0.15, 0.2) is 0 Å². The normalized spacial score (nSPS) is 11.3. The molecule has 2 N–H and O–H groups in total. The van der Waals surface area contributed by atoms with Crippen LogP contribution in [0.4, 0.5) is 18.9 Å². The summed E-state index contributed by atoms with van der Waals surface area (Å²) < 4.78 is 36.2. The van der Waals surface area contributed by atoms with Crippen LogP contribution >= 0.6 is 0 Å². The Balaban J connectivity index is 3.21. The summed E-state index contributed by atoms with van der Waals surface area (Å²) in [5, 5.41) is 11.7. The third-order valence-corrected chi connectivity index (χ3v) is 1.42. The molecule has 0 bridgehead atoms. The molecule has 1 aromatic rings. The van der Waals surface area contributed by atoms with Crippen LogP contribution in [0, 0.1) is 5.53 Å². The summed E-state index contributed by atoms with van der Waals surface area (Å²) in [6.45, 7) is 0. The van der Waals surface area contributed by atoms with Crippen LogP contribution < -0.4 is 0 Å². The molecule has 0 radical (unpaired) electrons. The van der Waals surface area contributed by atoms with Gasteiger partial charge in [0, 0.05) is 0 Å². The van der Waals surface area contributed by atoms with Crippen molar-refractivity contribution in [2.75, 3.05) is 0 Å². The van der Waals surface area contributed by atoms with Gasteiger partial charge in [0.1, 0.15) is 11.4 Å². The fourth-order valence-electron chi connectivity index (χ4n) is 0.789. The number of nitrogens with zero attached hydrogens (tertiary/aromatic N) is 1. The molecule has 0 atom stereocenters. The van der Waals surface area contributed by atoms with Crippen molar-refractivity contribution in [2.24, 2.45) is 5.11 Å². The monoisotopic (exact) mass is 190 g/mol. The molecule has 0 spiro atoms. The van der Waals surface area contributed by atoms with E-state index in [-0.39, 0.29) is 0 Å². The quantitative estimate of drug-likeness (QED) is 0.657. The SMILES string of the molecule is N=Nc1cc(C(F)(F)F)ccc1O. The van der Waals surface area contributed by atoms with Crippen molar-refractivity contribution in [3.8, 4) is 5.75 Å². The molecule has 0 saturated heterocycles. The lowest BCUT2D eigenvalue weighted by Crippen LogP contribution is -2.03. The molecule has 6 heteroatoms. The molecule has 13 heavy (non-hydrogen) atoms. The summed E-state index contributed by atoms with van der Waals surface area (Å²) in [4.78, 5) is 0. The first-order valence-corrected chi connectivity index (χ1v) is 3.23. The van der Waals surface area contributed by atoms with Crippen LogP contribution in [0.15, 0.2) is 23.3 Å². The van der Waals surface area contributed by atoms with Gasteiger partial charge in [-0.25, -0.2) is 5.53 Å². The predicted molar refractivity (Wildman–Crippen MR) is 37.9 cm³/mol. The van der Waals surface area contributed by atoms with Gasteiger partial charge in [-0.05, 0) is 18.2 Å². The van der Waals surface area contributed by atoms with Crippen molar-refractivity contribution in [3.63, 3.8) is 0 Å². The molecule has 0 amide bonds. The first-order chi connectivity index (χ1) is 5.95. The van der Waals surface area contributed by atoms with Gasteiger partial charge in [0.25, 0.3) is 0 Å². The number of phenolic OH excluding ortho intramolecular Hbond substituents is 1. The van der Waals surface area contributed by atoms with Crippen LogP contribution in [-0.4, -0.2) is 5.11 Å². The Labute approximate surface area is 71.3 Å². The van der Waals surface area contributed by atoms with Crippen molar-refractivity contribution in [1.82, 2.24) is 0 Å². The molecular formula is C7H5F3N2O. The summed E-state index contributed by atoms with van der Waals surface area (Å²) in [5.41, 5.74) is 5.16. The zero-order chi connectivity index (χ0) is 10.1. The fraction of sp³-hybridized carbons (Fsp3) is 0.143. The summed E-state index contributed by atoms with van der Waals surface area (Å²) in [7, 11) is 0. The van der Waals surface area contributed by atoms with E-state index in [1.165, 1.54) is 0 Å². The number of phenols is 1. The Kier molecular flexibility index (Phi) is 2.22. The Morgan fingerprint density at radius 3 is 2.38 bits per heavy atom. The van der Waals surface area contributed by atoms with Gasteiger partial charge < -0.3 is 5.11 Å². The first kappa shape index (κ1) is 9.50. The van der Waals surface area contributed by atoms with E-state index in [2.05, 4.69) is 5.11 Å². The minimum atomic E-state index is -4.48. The molecule has 1 rings (SSSR count). The van der Waals surface area contributed by atoms with Gasteiger partial charge in [-0.1, -0.05) is 0 Å². The number of aromatic hydroxyl groups is 1. The maximum Gasteiger partial charge on any atom is 0.416 e. The van der Waals surface area contributed by atoms with Crippen molar-refractivity contribution < 1.29 is 18.3 Å². The second-order valence-electron chi connectivity index (χ2n) is 2.31.